The average Bonchev–Trinajstić information content (AvgIpc) is 2.27. The SMILES string of the molecule is CCNCc1cc(C)ccc1OCCC(C)(C)C. The zero-order valence-electron chi connectivity index (χ0n) is 12.5. The maximum Gasteiger partial charge on any atom is 0.123 e. The van der Waals surface area contributed by atoms with Gasteiger partial charge in [-0.2, -0.15) is 0 Å². The van der Waals surface area contributed by atoms with Gasteiger partial charge in [0.15, 0.2) is 0 Å². The monoisotopic (exact) mass is 249 g/mol. The Bertz CT molecular complexity index is 366. The van der Waals surface area contributed by atoms with Crippen LogP contribution in [0.3, 0.4) is 0 Å². The van der Waals surface area contributed by atoms with Gasteiger partial charge in [-0.25, -0.2) is 0 Å². The second-order valence-electron chi connectivity index (χ2n) is 6.05. The summed E-state index contributed by atoms with van der Waals surface area (Å²) >= 11 is 0. The van der Waals surface area contributed by atoms with Crippen LogP contribution >= 0.6 is 0 Å². The first-order valence-electron chi connectivity index (χ1n) is 6.85. The quantitative estimate of drug-likeness (QED) is 0.825. The molecule has 18 heavy (non-hydrogen) atoms. The predicted octanol–water partition coefficient (Wildman–Crippen LogP) is 3.92. The van der Waals surface area contributed by atoms with Crippen LogP contribution in [-0.4, -0.2) is 13.2 Å². The van der Waals surface area contributed by atoms with Crippen molar-refractivity contribution >= 4 is 0 Å². The molecule has 2 nitrogen and oxygen atoms in total. The van der Waals surface area contributed by atoms with Gasteiger partial charge >= 0.3 is 0 Å². The number of nitrogens with one attached hydrogen (secondary N) is 1. The van der Waals surface area contributed by atoms with Gasteiger partial charge < -0.3 is 10.1 Å². The highest BCUT2D eigenvalue weighted by atomic mass is 16.5. The van der Waals surface area contributed by atoms with Gasteiger partial charge in [0.1, 0.15) is 5.75 Å². The number of hydrogen-bond acceptors (Lipinski definition) is 2. The first kappa shape index (κ1) is 15.0. The molecular weight excluding hydrogens is 222 g/mol. The first-order chi connectivity index (χ1) is 8.42. The predicted molar refractivity (Wildman–Crippen MR) is 78.1 cm³/mol. The summed E-state index contributed by atoms with van der Waals surface area (Å²) in [5.41, 5.74) is 2.86. The van der Waals surface area contributed by atoms with E-state index in [1.807, 2.05) is 0 Å². The van der Waals surface area contributed by atoms with E-state index in [1.54, 1.807) is 0 Å². The summed E-state index contributed by atoms with van der Waals surface area (Å²) in [5, 5.41) is 3.36. The number of ether oxygens (including phenoxy) is 1. The average molecular weight is 249 g/mol. The largest absolute Gasteiger partial charge is 0.493 e. The minimum absolute atomic E-state index is 0.326. The normalized spacial score (nSPS) is 11.6. The molecule has 0 bridgehead atoms. The molecule has 0 unspecified atom stereocenters. The molecule has 0 radical (unpaired) electrons. The molecular formula is C16H27NO. The van der Waals surface area contributed by atoms with Gasteiger partial charge in [-0.05, 0) is 31.4 Å². The van der Waals surface area contributed by atoms with E-state index in [4.69, 9.17) is 4.74 Å². The third-order valence-corrected chi connectivity index (χ3v) is 2.89. The summed E-state index contributed by atoms with van der Waals surface area (Å²) in [6.45, 7) is 13.6. The number of benzene rings is 1. The molecule has 0 aromatic heterocycles. The minimum Gasteiger partial charge on any atom is -0.493 e. The van der Waals surface area contributed by atoms with E-state index >= 15 is 0 Å². The van der Waals surface area contributed by atoms with Gasteiger partial charge in [-0.15, -0.1) is 0 Å². The standard InChI is InChI=1S/C16H27NO/c1-6-17-12-14-11-13(2)7-8-15(14)18-10-9-16(3,4)5/h7-8,11,17H,6,9-10,12H2,1-5H3. The summed E-state index contributed by atoms with van der Waals surface area (Å²) in [4.78, 5) is 0. The van der Waals surface area contributed by atoms with Crippen LogP contribution in [-0.2, 0) is 6.54 Å². The highest BCUT2D eigenvalue weighted by molar-refractivity contribution is 5.36. The number of hydrogen-bond donors (Lipinski definition) is 1. The van der Waals surface area contributed by atoms with Gasteiger partial charge in [-0.3, -0.25) is 0 Å². The van der Waals surface area contributed by atoms with Crippen molar-refractivity contribution in [2.75, 3.05) is 13.2 Å². The molecule has 1 rings (SSSR count). The van der Waals surface area contributed by atoms with E-state index in [0.29, 0.717) is 5.41 Å². The summed E-state index contributed by atoms with van der Waals surface area (Å²) in [5.74, 6) is 1.02. The smallest absolute Gasteiger partial charge is 0.123 e. The van der Waals surface area contributed by atoms with Crippen molar-refractivity contribution in [1.82, 2.24) is 5.32 Å². The third kappa shape index (κ3) is 5.54. The Kier molecular flexibility index (Phi) is 5.67. The van der Waals surface area contributed by atoms with Crippen LogP contribution < -0.4 is 10.1 Å². The molecule has 0 aliphatic rings. The van der Waals surface area contributed by atoms with Crippen LogP contribution in [0.1, 0.15) is 45.2 Å². The Labute approximate surface area is 112 Å². The second kappa shape index (κ2) is 6.79. The van der Waals surface area contributed by atoms with Crippen molar-refractivity contribution in [3.05, 3.63) is 29.3 Å². The minimum atomic E-state index is 0.326. The lowest BCUT2D eigenvalue weighted by molar-refractivity contribution is 0.241. The Morgan fingerprint density at radius 1 is 1.22 bits per heavy atom. The lowest BCUT2D eigenvalue weighted by Crippen LogP contribution is -2.15. The lowest BCUT2D eigenvalue weighted by Gasteiger charge is -2.19. The van der Waals surface area contributed by atoms with E-state index in [9.17, 15) is 0 Å². The van der Waals surface area contributed by atoms with Crippen LogP contribution in [0.25, 0.3) is 0 Å². The molecule has 0 spiro atoms. The number of rotatable bonds is 6. The number of aryl methyl sites for hydroxylation is 1. The Balaban J connectivity index is 2.63. The van der Waals surface area contributed by atoms with Crippen LogP contribution in [0.5, 0.6) is 5.75 Å². The van der Waals surface area contributed by atoms with Crippen molar-refractivity contribution in [3.63, 3.8) is 0 Å². The van der Waals surface area contributed by atoms with Gasteiger partial charge in [0.05, 0.1) is 6.61 Å². The zero-order chi connectivity index (χ0) is 13.6. The molecule has 1 aromatic rings. The molecule has 0 fully saturated rings. The lowest BCUT2D eigenvalue weighted by atomic mass is 9.93. The zero-order valence-corrected chi connectivity index (χ0v) is 12.5. The van der Waals surface area contributed by atoms with E-state index in [0.717, 1.165) is 31.9 Å². The molecule has 0 heterocycles. The van der Waals surface area contributed by atoms with E-state index < -0.39 is 0 Å². The Hall–Kier alpha value is -1.02. The third-order valence-electron chi connectivity index (χ3n) is 2.89. The molecule has 0 aliphatic carbocycles. The Morgan fingerprint density at radius 3 is 2.56 bits per heavy atom. The maximum atomic E-state index is 5.93. The van der Waals surface area contributed by atoms with Crippen molar-refractivity contribution in [1.29, 1.82) is 0 Å². The van der Waals surface area contributed by atoms with E-state index in [1.165, 1.54) is 11.1 Å². The fraction of sp³-hybridized carbons (Fsp3) is 0.625. The fourth-order valence-electron chi connectivity index (χ4n) is 1.71. The summed E-state index contributed by atoms with van der Waals surface area (Å²) in [6.07, 6.45) is 1.07. The summed E-state index contributed by atoms with van der Waals surface area (Å²) < 4.78 is 5.93. The van der Waals surface area contributed by atoms with Crippen LogP contribution in [0.2, 0.25) is 0 Å². The van der Waals surface area contributed by atoms with Gasteiger partial charge in [0.2, 0.25) is 0 Å². The van der Waals surface area contributed by atoms with Crippen molar-refractivity contribution in [3.8, 4) is 5.75 Å². The van der Waals surface area contributed by atoms with Gasteiger partial charge in [0, 0.05) is 12.1 Å². The van der Waals surface area contributed by atoms with Crippen LogP contribution in [0, 0.1) is 12.3 Å². The molecule has 0 saturated carbocycles. The van der Waals surface area contributed by atoms with Gasteiger partial charge in [-0.1, -0.05) is 45.4 Å². The van der Waals surface area contributed by atoms with Crippen molar-refractivity contribution < 1.29 is 4.74 Å². The molecule has 2 heteroatoms. The van der Waals surface area contributed by atoms with E-state index in [-0.39, 0.29) is 0 Å². The fourth-order valence-corrected chi connectivity index (χ4v) is 1.71. The molecule has 102 valence electrons. The molecule has 0 amide bonds. The summed E-state index contributed by atoms with van der Waals surface area (Å²) in [7, 11) is 0. The molecule has 1 N–H and O–H groups in total. The van der Waals surface area contributed by atoms with E-state index in [2.05, 4.69) is 58.1 Å². The van der Waals surface area contributed by atoms with Crippen LogP contribution in [0.4, 0.5) is 0 Å². The molecule has 0 aliphatic heterocycles. The van der Waals surface area contributed by atoms with Crippen molar-refractivity contribution in [2.45, 2.75) is 47.6 Å². The highest BCUT2D eigenvalue weighted by Crippen LogP contribution is 2.23. The molecule has 0 atom stereocenters. The Morgan fingerprint density at radius 2 is 1.94 bits per heavy atom. The highest BCUT2D eigenvalue weighted by Gasteiger charge is 2.11. The topological polar surface area (TPSA) is 21.3 Å². The second-order valence-corrected chi connectivity index (χ2v) is 6.05. The molecule has 0 saturated heterocycles. The van der Waals surface area contributed by atoms with Crippen LogP contribution in [0.15, 0.2) is 18.2 Å². The first-order valence-corrected chi connectivity index (χ1v) is 6.85. The maximum absolute atomic E-state index is 5.93. The van der Waals surface area contributed by atoms with Crippen molar-refractivity contribution in [2.24, 2.45) is 5.41 Å². The summed E-state index contributed by atoms with van der Waals surface area (Å²) in [6, 6.07) is 6.40. The van der Waals surface area contributed by atoms with Gasteiger partial charge in [0.25, 0.3) is 0 Å². The molecule has 1 aromatic carbocycles.